The van der Waals surface area contributed by atoms with Crippen LogP contribution >= 0.6 is 0 Å². The molecule has 0 saturated carbocycles. The highest BCUT2D eigenvalue weighted by Crippen LogP contribution is 2.24. The second-order valence-corrected chi connectivity index (χ2v) is 11.0. The molecule has 6 heteroatoms. The van der Waals surface area contributed by atoms with Crippen molar-refractivity contribution in [3.63, 3.8) is 0 Å². The number of urea groups is 1. The number of phenols is 1. The van der Waals surface area contributed by atoms with Crippen molar-refractivity contribution in [2.75, 3.05) is 31.6 Å². The fraction of sp³-hybridized carbons (Fsp3) is 0.438. The van der Waals surface area contributed by atoms with Gasteiger partial charge < -0.3 is 20.1 Å². The number of carbonyl (C=O) groups is 1. The lowest BCUT2D eigenvalue weighted by Crippen LogP contribution is -2.43. The minimum atomic E-state index is -1.46. The molecule has 1 aliphatic heterocycles. The van der Waals surface area contributed by atoms with Crippen LogP contribution in [0.25, 0.3) is 0 Å². The minimum absolute atomic E-state index is 0.0418. The molecule has 0 spiro atoms. The van der Waals surface area contributed by atoms with Gasteiger partial charge in [0.15, 0.2) is 0 Å². The molecule has 2 rings (SSSR count). The Balaban J connectivity index is 2.12. The summed E-state index contributed by atoms with van der Waals surface area (Å²) in [6.07, 6.45) is 0. The van der Waals surface area contributed by atoms with E-state index in [1.807, 2.05) is 0 Å². The second kappa shape index (κ2) is 6.86. The number of phenolic OH excluding ortho intramolecular Hbond substituents is 1. The van der Waals surface area contributed by atoms with Crippen molar-refractivity contribution in [1.82, 2.24) is 4.90 Å². The number of nitrogens with one attached hydrogen (secondary N) is 1. The molecule has 0 atom stereocenters. The normalized spacial score (nSPS) is 15.0. The minimum Gasteiger partial charge on any atom is -0.506 e. The zero-order chi connectivity index (χ0) is 16.2. The summed E-state index contributed by atoms with van der Waals surface area (Å²) in [5.74, 6) is 3.16. The van der Waals surface area contributed by atoms with Crippen LogP contribution in [0.4, 0.5) is 10.5 Å². The van der Waals surface area contributed by atoms with Crippen molar-refractivity contribution in [3.8, 4) is 17.2 Å². The maximum atomic E-state index is 12.2. The zero-order valence-corrected chi connectivity index (χ0v) is 14.3. The number of hydrogen-bond donors (Lipinski definition) is 2. The van der Waals surface area contributed by atoms with Crippen LogP contribution < -0.4 is 5.32 Å². The van der Waals surface area contributed by atoms with Crippen LogP contribution in [0.1, 0.15) is 5.56 Å². The lowest BCUT2D eigenvalue weighted by Gasteiger charge is -2.27. The first-order chi connectivity index (χ1) is 10.3. The SMILES string of the molecule is C[Si](C)(C)C#Cc1ccc(O)c(NC(=O)N2CCOCC2)c1. The van der Waals surface area contributed by atoms with E-state index in [0.29, 0.717) is 32.0 Å². The number of hydrogen-bond acceptors (Lipinski definition) is 3. The number of aromatic hydroxyl groups is 1. The highest BCUT2D eigenvalue weighted by Gasteiger charge is 2.18. The van der Waals surface area contributed by atoms with Crippen LogP contribution in [0.5, 0.6) is 5.75 Å². The average Bonchev–Trinajstić information content (AvgIpc) is 2.48. The lowest BCUT2D eigenvalue weighted by molar-refractivity contribution is 0.0564. The van der Waals surface area contributed by atoms with Crippen LogP contribution in [0, 0.1) is 11.5 Å². The van der Waals surface area contributed by atoms with E-state index in [2.05, 4.69) is 36.4 Å². The van der Waals surface area contributed by atoms with Crippen LogP contribution in [-0.4, -0.2) is 50.4 Å². The summed E-state index contributed by atoms with van der Waals surface area (Å²) in [7, 11) is -1.46. The van der Waals surface area contributed by atoms with Gasteiger partial charge in [-0.05, 0) is 18.2 Å². The first-order valence-electron chi connectivity index (χ1n) is 7.35. The molecule has 22 heavy (non-hydrogen) atoms. The molecule has 1 heterocycles. The number of amides is 2. The van der Waals surface area contributed by atoms with E-state index >= 15 is 0 Å². The number of anilines is 1. The van der Waals surface area contributed by atoms with E-state index in [0.717, 1.165) is 5.56 Å². The third kappa shape index (κ3) is 4.79. The first-order valence-corrected chi connectivity index (χ1v) is 10.8. The van der Waals surface area contributed by atoms with Crippen molar-refractivity contribution in [3.05, 3.63) is 23.8 Å². The summed E-state index contributed by atoms with van der Waals surface area (Å²) >= 11 is 0. The molecular weight excluding hydrogens is 296 g/mol. The zero-order valence-electron chi connectivity index (χ0n) is 13.3. The molecule has 2 N–H and O–H groups in total. The Morgan fingerprint density at radius 3 is 2.64 bits per heavy atom. The molecule has 5 nitrogen and oxygen atoms in total. The Bertz CT molecular complexity index is 608. The van der Waals surface area contributed by atoms with Gasteiger partial charge in [0.1, 0.15) is 13.8 Å². The van der Waals surface area contributed by atoms with E-state index in [1.54, 1.807) is 23.1 Å². The number of carbonyl (C=O) groups excluding carboxylic acids is 1. The maximum Gasteiger partial charge on any atom is 0.322 e. The van der Waals surface area contributed by atoms with Crippen molar-refractivity contribution in [1.29, 1.82) is 0 Å². The van der Waals surface area contributed by atoms with Crippen molar-refractivity contribution >= 4 is 19.8 Å². The molecule has 0 aliphatic carbocycles. The fourth-order valence-electron chi connectivity index (χ4n) is 1.93. The fourth-order valence-corrected chi connectivity index (χ4v) is 2.45. The smallest absolute Gasteiger partial charge is 0.322 e. The van der Waals surface area contributed by atoms with E-state index < -0.39 is 8.07 Å². The highest BCUT2D eigenvalue weighted by atomic mass is 28.3. The number of morpholine rings is 1. The Labute approximate surface area is 132 Å². The van der Waals surface area contributed by atoms with Gasteiger partial charge in [-0.1, -0.05) is 25.6 Å². The predicted octanol–water partition coefficient (Wildman–Crippen LogP) is 2.49. The third-order valence-electron chi connectivity index (χ3n) is 3.12. The molecule has 1 aromatic rings. The molecule has 1 saturated heterocycles. The van der Waals surface area contributed by atoms with Gasteiger partial charge in [0, 0.05) is 18.7 Å². The van der Waals surface area contributed by atoms with E-state index in [9.17, 15) is 9.90 Å². The van der Waals surface area contributed by atoms with Crippen LogP contribution in [0.2, 0.25) is 19.6 Å². The van der Waals surface area contributed by atoms with Gasteiger partial charge in [0.05, 0.1) is 18.9 Å². The number of benzene rings is 1. The molecule has 2 amide bonds. The predicted molar refractivity (Wildman–Crippen MR) is 89.7 cm³/mol. The Morgan fingerprint density at radius 2 is 2.00 bits per heavy atom. The molecule has 0 bridgehead atoms. The molecule has 0 radical (unpaired) electrons. The number of nitrogens with zero attached hydrogens (tertiary/aromatic N) is 1. The van der Waals surface area contributed by atoms with E-state index in [4.69, 9.17) is 4.74 Å². The molecule has 1 aliphatic rings. The largest absolute Gasteiger partial charge is 0.506 e. The molecule has 0 aromatic heterocycles. The van der Waals surface area contributed by atoms with E-state index in [1.165, 1.54) is 0 Å². The van der Waals surface area contributed by atoms with Gasteiger partial charge in [-0.25, -0.2) is 4.79 Å². The summed E-state index contributed by atoms with van der Waals surface area (Å²) in [5, 5.41) is 12.7. The van der Waals surface area contributed by atoms with Gasteiger partial charge in [-0.3, -0.25) is 0 Å². The van der Waals surface area contributed by atoms with Gasteiger partial charge >= 0.3 is 6.03 Å². The monoisotopic (exact) mass is 318 g/mol. The quantitative estimate of drug-likeness (QED) is 0.475. The third-order valence-corrected chi connectivity index (χ3v) is 3.99. The standard InChI is InChI=1S/C16H22N2O3Si/c1-22(2,3)11-6-13-4-5-15(19)14(12-13)17-16(20)18-7-9-21-10-8-18/h4-5,12,19H,7-10H2,1-3H3,(H,17,20). The van der Waals surface area contributed by atoms with Crippen molar-refractivity contribution < 1.29 is 14.6 Å². The molecule has 0 unspecified atom stereocenters. The first kappa shape index (κ1) is 16.4. The Hall–Kier alpha value is -1.97. The Kier molecular flexibility index (Phi) is 5.11. The van der Waals surface area contributed by atoms with Crippen LogP contribution in [-0.2, 0) is 4.74 Å². The number of ether oxygens (including phenoxy) is 1. The molecular formula is C16H22N2O3Si. The summed E-state index contributed by atoms with van der Waals surface area (Å²) in [6, 6.07) is 4.80. The van der Waals surface area contributed by atoms with Crippen molar-refractivity contribution in [2.45, 2.75) is 19.6 Å². The van der Waals surface area contributed by atoms with Gasteiger partial charge in [-0.2, -0.15) is 0 Å². The van der Waals surface area contributed by atoms with Gasteiger partial charge in [-0.15, -0.1) is 5.54 Å². The second-order valence-electron chi connectivity index (χ2n) is 6.26. The summed E-state index contributed by atoms with van der Waals surface area (Å²) in [4.78, 5) is 13.8. The van der Waals surface area contributed by atoms with Crippen LogP contribution in [0.3, 0.4) is 0 Å². The van der Waals surface area contributed by atoms with Gasteiger partial charge in [0.2, 0.25) is 0 Å². The summed E-state index contributed by atoms with van der Waals surface area (Å²) in [6.45, 7) is 8.70. The summed E-state index contributed by atoms with van der Waals surface area (Å²) in [5.41, 5.74) is 4.45. The molecule has 1 aromatic carbocycles. The Morgan fingerprint density at radius 1 is 1.32 bits per heavy atom. The lowest BCUT2D eigenvalue weighted by atomic mass is 10.2. The number of rotatable bonds is 1. The average molecular weight is 318 g/mol. The topological polar surface area (TPSA) is 61.8 Å². The maximum absolute atomic E-state index is 12.2. The van der Waals surface area contributed by atoms with Crippen molar-refractivity contribution in [2.24, 2.45) is 0 Å². The van der Waals surface area contributed by atoms with Gasteiger partial charge in [0.25, 0.3) is 0 Å². The molecule has 1 fully saturated rings. The van der Waals surface area contributed by atoms with Crippen LogP contribution in [0.15, 0.2) is 18.2 Å². The van der Waals surface area contributed by atoms with E-state index in [-0.39, 0.29) is 11.8 Å². The highest BCUT2D eigenvalue weighted by molar-refractivity contribution is 6.83. The molecule has 118 valence electrons. The summed E-state index contributed by atoms with van der Waals surface area (Å²) < 4.78 is 5.22.